The van der Waals surface area contributed by atoms with E-state index >= 15 is 0 Å². The molecule has 0 aromatic heterocycles. The van der Waals surface area contributed by atoms with Crippen molar-refractivity contribution in [2.45, 2.75) is 6.42 Å². The third-order valence-electron chi connectivity index (χ3n) is 3.66. The molecule has 0 bridgehead atoms. The number of nitrogens with zero attached hydrogens (tertiary/aromatic N) is 1. The molecule has 1 fully saturated rings. The molecule has 1 aromatic rings. The average Bonchev–Trinajstić information content (AvgIpc) is 2.94. The van der Waals surface area contributed by atoms with E-state index in [1.807, 2.05) is 0 Å². The summed E-state index contributed by atoms with van der Waals surface area (Å²) in [5, 5.41) is 5.93. The molecule has 0 aliphatic carbocycles. The van der Waals surface area contributed by atoms with Crippen molar-refractivity contribution in [1.29, 1.82) is 0 Å². The normalized spacial score (nSPS) is 17.0. The SMILES string of the molecule is COCC(=O)NCCNC(=O)[C@H]1CC(=O)N(c2ccc(Cl)cc2)C1. The summed E-state index contributed by atoms with van der Waals surface area (Å²) in [5.41, 5.74) is 0.728. The summed E-state index contributed by atoms with van der Waals surface area (Å²) in [4.78, 5) is 37.0. The fourth-order valence-corrected chi connectivity index (χ4v) is 2.59. The number of carbonyl (C=O) groups excluding carboxylic acids is 3. The molecule has 1 aromatic carbocycles. The molecule has 1 saturated heterocycles. The van der Waals surface area contributed by atoms with Gasteiger partial charge >= 0.3 is 0 Å². The average molecular weight is 354 g/mol. The van der Waals surface area contributed by atoms with Crippen LogP contribution in [0.5, 0.6) is 0 Å². The molecule has 7 nitrogen and oxygen atoms in total. The summed E-state index contributed by atoms with van der Waals surface area (Å²) >= 11 is 5.84. The molecule has 130 valence electrons. The van der Waals surface area contributed by atoms with E-state index in [0.29, 0.717) is 24.7 Å². The Morgan fingerprint density at radius 2 is 1.92 bits per heavy atom. The minimum atomic E-state index is -0.400. The van der Waals surface area contributed by atoms with Crippen LogP contribution < -0.4 is 15.5 Å². The molecule has 2 rings (SSSR count). The van der Waals surface area contributed by atoms with Gasteiger partial charge in [0.2, 0.25) is 17.7 Å². The smallest absolute Gasteiger partial charge is 0.246 e. The van der Waals surface area contributed by atoms with Crippen LogP contribution in [0.2, 0.25) is 5.02 Å². The number of methoxy groups -OCH3 is 1. The van der Waals surface area contributed by atoms with Crippen LogP contribution in [-0.4, -0.2) is 51.1 Å². The molecule has 24 heavy (non-hydrogen) atoms. The highest BCUT2D eigenvalue weighted by Gasteiger charge is 2.34. The van der Waals surface area contributed by atoms with E-state index in [1.165, 1.54) is 7.11 Å². The van der Waals surface area contributed by atoms with E-state index in [-0.39, 0.29) is 30.7 Å². The number of ether oxygens (including phenoxy) is 1. The minimum Gasteiger partial charge on any atom is -0.375 e. The Hall–Kier alpha value is -2.12. The Bertz CT molecular complexity index is 606. The lowest BCUT2D eigenvalue weighted by Gasteiger charge is -2.16. The summed E-state index contributed by atoms with van der Waals surface area (Å²) in [6.07, 6.45) is 0.171. The summed E-state index contributed by atoms with van der Waals surface area (Å²) in [5.74, 6) is -0.925. The van der Waals surface area contributed by atoms with Gasteiger partial charge in [-0.15, -0.1) is 0 Å². The van der Waals surface area contributed by atoms with Gasteiger partial charge in [0.1, 0.15) is 6.61 Å². The third-order valence-corrected chi connectivity index (χ3v) is 3.91. The number of hydrogen-bond acceptors (Lipinski definition) is 4. The monoisotopic (exact) mass is 353 g/mol. The second-order valence-corrected chi connectivity index (χ2v) is 5.89. The molecule has 1 aliphatic heterocycles. The van der Waals surface area contributed by atoms with Crippen LogP contribution in [0, 0.1) is 5.92 Å². The van der Waals surface area contributed by atoms with Crippen molar-refractivity contribution >= 4 is 35.0 Å². The van der Waals surface area contributed by atoms with Crippen molar-refractivity contribution in [2.24, 2.45) is 5.92 Å². The number of rotatable bonds is 7. The quantitative estimate of drug-likeness (QED) is 0.702. The van der Waals surface area contributed by atoms with Gasteiger partial charge in [-0.25, -0.2) is 0 Å². The number of carbonyl (C=O) groups is 3. The van der Waals surface area contributed by atoms with Gasteiger partial charge in [-0.3, -0.25) is 14.4 Å². The van der Waals surface area contributed by atoms with Gasteiger partial charge in [0.15, 0.2) is 0 Å². The molecule has 0 saturated carbocycles. The molecule has 1 heterocycles. The first-order valence-electron chi connectivity index (χ1n) is 7.60. The summed E-state index contributed by atoms with van der Waals surface area (Å²) in [7, 11) is 1.44. The van der Waals surface area contributed by atoms with Gasteiger partial charge in [-0.1, -0.05) is 11.6 Å². The largest absolute Gasteiger partial charge is 0.375 e. The van der Waals surface area contributed by atoms with E-state index in [4.69, 9.17) is 11.6 Å². The highest BCUT2D eigenvalue weighted by molar-refractivity contribution is 6.30. The van der Waals surface area contributed by atoms with Gasteiger partial charge in [-0.2, -0.15) is 0 Å². The van der Waals surface area contributed by atoms with Crippen LogP contribution in [-0.2, 0) is 19.1 Å². The van der Waals surface area contributed by atoms with Crippen molar-refractivity contribution in [3.63, 3.8) is 0 Å². The number of hydrogen-bond donors (Lipinski definition) is 2. The first-order chi connectivity index (χ1) is 11.5. The lowest BCUT2D eigenvalue weighted by molar-refractivity contribution is -0.127. The Labute approximate surface area is 145 Å². The predicted molar refractivity (Wildman–Crippen MR) is 89.8 cm³/mol. The molecular formula is C16H20ClN3O4. The van der Waals surface area contributed by atoms with Crippen molar-refractivity contribution in [1.82, 2.24) is 10.6 Å². The number of amides is 3. The zero-order valence-electron chi connectivity index (χ0n) is 13.4. The van der Waals surface area contributed by atoms with E-state index in [1.54, 1.807) is 29.2 Å². The standard InChI is InChI=1S/C16H20ClN3O4/c1-24-10-14(21)18-6-7-19-16(23)11-8-15(22)20(9-11)13-4-2-12(17)3-5-13/h2-5,11H,6-10H2,1H3,(H,18,21)(H,19,23)/t11-/m0/s1. The van der Waals surface area contributed by atoms with Gasteiger partial charge < -0.3 is 20.3 Å². The molecule has 1 aliphatic rings. The molecular weight excluding hydrogens is 334 g/mol. The van der Waals surface area contributed by atoms with Crippen LogP contribution in [0.15, 0.2) is 24.3 Å². The van der Waals surface area contributed by atoms with Crippen LogP contribution in [0.4, 0.5) is 5.69 Å². The Morgan fingerprint density at radius 3 is 2.58 bits per heavy atom. The van der Waals surface area contributed by atoms with Crippen LogP contribution in [0.25, 0.3) is 0 Å². The van der Waals surface area contributed by atoms with Crippen LogP contribution in [0.1, 0.15) is 6.42 Å². The Balaban J connectivity index is 1.79. The van der Waals surface area contributed by atoms with Crippen LogP contribution in [0.3, 0.4) is 0 Å². The summed E-state index contributed by atoms with van der Waals surface area (Å²) in [6.45, 7) is 0.943. The predicted octanol–water partition coefficient (Wildman–Crippen LogP) is 0.572. The molecule has 2 N–H and O–H groups in total. The third kappa shape index (κ3) is 4.94. The fraction of sp³-hybridized carbons (Fsp3) is 0.438. The van der Waals surface area contributed by atoms with E-state index < -0.39 is 5.92 Å². The molecule has 0 radical (unpaired) electrons. The Morgan fingerprint density at radius 1 is 1.25 bits per heavy atom. The molecule has 1 atom stereocenters. The second-order valence-electron chi connectivity index (χ2n) is 5.46. The topological polar surface area (TPSA) is 87.7 Å². The van der Waals surface area contributed by atoms with Crippen molar-refractivity contribution < 1.29 is 19.1 Å². The first kappa shape index (κ1) is 18.2. The number of halogens is 1. The van der Waals surface area contributed by atoms with E-state index in [2.05, 4.69) is 15.4 Å². The van der Waals surface area contributed by atoms with Gasteiger partial charge in [0.25, 0.3) is 0 Å². The number of nitrogens with one attached hydrogen (secondary N) is 2. The lowest BCUT2D eigenvalue weighted by atomic mass is 10.1. The number of anilines is 1. The van der Waals surface area contributed by atoms with Gasteiger partial charge in [0, 0.05) is 43.9 Å². The molecule has 3 amide bonds. The van der Waals surface area contributed by atoms with Crippen molar-refractivity contribution in [3.05, 3.63) is 29.3 Å². The molecule has 0 spiro atoms. The first-order valence-corrected chi connectivity index (χ1v) is 7.98. The Kier molecular flexibility index (Phi) is 6.57. The van der Waals surface area contributed by atoms with E-state index in [9.17, 15) is 14.4 Å². The highest BCUT2D eigenvalue weighted by atomic mass is 35.5. The summed E-state index contributed by atoms with van der Waals surface area (Å²) in [6, 6.07) is 6.93. The maximum atomic E-state index is 12.1. The molecule has 0 unspecified atom stereocenters. The maximum Gasteiger partial charge on any atom is 0.246 e. The fourth-order valence-electron chi connectivity index (χ4n) is 2.47. The van der Waals surface area contributed by atoms with Crippen molar-refractivity contribution in [3.8, 4) is 0 Å². The van der Waals surface area contributed by atoms with Gasteiger partial charge in [-0.05, 0) is 24.3 Å². The second kappa shape index (κ2) is 8.65. The van der Waals surface area contributed by atoms with Crippen molar-refractivity contribution in [2.75, 3.05) is 38.3 Å². The summed E-state index contributed by atoms with van der Waals surface area (Å²) < 4.78 is 4.69. The highest BCUT2D eigenvalue weighted by Crippen LogP contribution is 2.26. The molecule has 8 heteroatoms. The number of benzene rings is 1. The zero-order valence-corrected chi connectivity index (χ0v) is 14.1. The zero-order chi connectivity index (χ0) is 17.5. The lowest BCUT2D eigenvalue weighted by Crippen LogP contribution is -2.39. The minimum absolute atomic E-state index is 0.0128. The van der Waals surface area contributed by atoms with E-state index in [0.717, 1.165) is 5.69 Å². The maximum absolute atomic E-state index is 12.1. The van der Waals surface area contributed by atoms with Gasteiger partial charge in [0.05, 0.1) is 5.92 Å². The van der Waals surface area contributed by atoms with Crippen LogP contribution >= 0.6 is 11.6 Å².